The third kappa shape index (κ3) is 7.60. The molecule has 3 N–H and O–H groups in total. The summed E-state index contributed by atoms with van der Waals surface area (Å²) in [7, 11) is 2.92. The Hall–Kier alpha value is -5.79. The summed E-state index contributed by atoms with van der Waals surface area (Å²) in [4.78, 5) is 71.4. The van der Waals surface area contributed by atoms with Crippen molar-refractivity contribution in [2.45, 2.75) is 43.8 Å². The highest BCUT2D eigenvalue weighted by molar-refractivity contribution is 5.94. The quantitative estimate of drug-likeness (QED) is 0.259. The van der Waals surface area contributed by atoms with Crippen LogP contribution in [0.25, 0.3) is 11.0 Å². The summed E-state index contributed by atoms with van der Waals surface area (Å²) in [5, 5.41) is 5.22. The van der Waals surface area contributed by atoms with Crippen molar-refractivity contribution in [3.8, 4) is 0 Å². The van der Waals surface area contributed by atoms with Gasteiger partial charge in [0.25, 0.3) is 0 Å². The number of para-hydroxylation sites is 3. The van der Waals surface area contributed by atoms with E-state index in [1.165, 1.54) is 7.11 Å². The number of nitrogens with zero attached hydrogens (tertiary/aromatic N) is 5. The summed E-state index contributed by atoms with van der Waals surface area (Å²) in [5.74, 6) is -0.319. The van der Waals surface area contributed by atoms with Gasteiger partial charge in [-0.1, -0.05) is 60.7 Å². The number of aromatic nitrogens is 2. The lowest BCUT2D eigenvalue weighted by molar-refractivity contribution is -0.139. The molecular formula is C38H46N8O6. The number of hydrogen-bond donors (Lipinski definition) is 3. The third-order valence-corrected chi connectivity index (χ3v) is 10.2. The number of fused-ring (bicyclic) bond motifs is 1. The molecule has 3 aliphatic heterocycles. The average Bonchev–Trinajstić information content (AvgIpc) is 3.66. The number of imidazole rings is 1. The van der Waals surface area contributed by atoms with E-state index >= 15 is 0 Å². The predicted octanol–water partition coefficient (Wildman–Crippen LogP) is 3.52. The monoisotopic (exact) mass is 710 g/mol. The van der Waals surface area contributed by atoms with E-state index in [4.69, 9.17) is 0 Å². The lowest BCUT2D eigenvalue weighted by Crippen LogP contribution is -2.58. The number of rotatable bonds is 6. The van der Waals surface area contributed by atoms with E-state index in [0.717, 1.165) is 22.3 Å². The van der Waals surface area contributed by atoms with Crippen LogP contribution >= 0.6 is 0 Å². The van der Waals surface area contributed by atoms with Gasteiger partial charge in [0.2, 0.25) is 5.91 Å². The molecule has 1 aromatic heterocycles. The molecule has 1 spiro atoms. The number of aromatic amines is 1. The molecule has 14 heteroatoms. The Balaban J connectivity index is 0.000000181. The molecular weight excluding hydrogens is 664 g/mol. The molecule has 274 valence electrons. The summed E-state index contributed by atoms with van der Waals surface area (Å²) in [5.41, 5.74) is 3.19. The van der Waals surface area contributed by atoms with Gasteiger partial charge in [-0.05, 0) is 55.5 Å². The first kappa shape index (κ1) is 36.0. The molecule has 0 aliphatic carbocycles. The van der Waals surface area contributed by atoms with Crippen molar-refractivity contribution in [1.82, 2.24) is 34.9 Å². The third-order valence-electron chi connectivity index (χ3n) is 10.2. The molecule has 52 heavy (non-hydrogen) atoms. The molecule has 4 aromatic rings. The van der Waals surface area contributed by atoms with Crippen LogP contribution in [0.15, 0.2) is 89.7 Å². The van der Waals surface area contributed by atoms with E-state index in [9.17, 15) is 24.0 Å². The minimum atomic E-state index is -0.583. The second-order valence-electron chi connectivity index (χ2n) is 13.2. The maximum absolute atomic E-state index is 13.6. The molecule has 0 saturated carbocycles. The number of piperidine rings is 2. The van der Waals surface area contributed by atoms with Gasteiger partial charge in [-0.25, -0.2) is 14.4 Å². The smallest absolute Gasteiger partial charge is 0.326 e. The molecule has 7 rings (SSSR count). The number of likely N-dealkylation sites (tertiary alicyclic amines) is 2. The SMILES string of the molecule is CNC(=O)N1CCC2(CC1)C(=O)N(Cc1ccccc1)CN2c1ccccc1.COC(=O)CNC(=O)N1CCC(n2c(=O)[nH]c3ccccc32)CC1. The zero-order valence-electron chi connectivity index (χ0n) is 29.6. The number of esters is 1. The summed E-state index contributed by atoms with van der Waals surface area (Å²) in [6.45, 7) is 3.24. The van der Waals surface area contributed by atoms with Crippen LogP contribution in [0.4, 0.5) is 15.3 Å². The molecule has 5 amide bonds. The molecule has 3 aromatic carbocycles. The number of carbonyl (C=O) groups excluding carboxylic acids is 4. The van der Waals surface area contributed by atoms with E-state index in [0.29, 0.717) is 65.1 Å². The van der Waals surface area contributed by atoms with Gasteiger partial charge in [0, 0.05) is 51.5 Å². The Labute approximate surface area is 302 Å². The molecule has 4 heterocycles. The Morgan fingerprint density at radius 1 is 0.827 bits per heavy atom. The Kier molecular flexibility index (Phi) is 11.1. The normalized spacial score (nSPS) is 17.2. The van der Waals surface area contributed by atoms with E-state index in [-0.39, 0.29) is 36.2 Å². The fourth-order valence-electron chi connectivity index (χ4n) is 7.46. The Bertz CT molecular complexity index is 1910. The van der Waals surface area contributed by atoms with E-state index in [1.807, 2.05) is 65.6 Å². The van der Waals surface area contributed by atoms with Gasteiger partial charge >= 0.3 is 23.7 Å². The van der Waals surface area contributed by atoms with E-state index < -0.39 is 11.5 Å². The largest absolute Gasteiger partial charge is 0.468 e. The summed E-state index contributed by atoms with van der Waals surface area (Å²) in [6, 6.07) is 27.5. The number of nitrogens with one attached hydrogen (secondary N) is 3. The molecule has 0 radical (unpaired) electrons. The molecule has 3 aliphatic rings. The van der Waals surface area contributed by atoms with Crippen LogP contribution in [-0.4, -0.2) is 107 Å². The lowest BCUT2D eigenvalue weighted by Gasteiger charge is -2.43. The average molecular weight is 711 g/mol. The van der Waals surface area contributed by atoms with Crippen LogP contribution in [-0.2, 0) is 20.9 Å². The topological polar surface area (TPSA) is 152 Å². The Morgan fingerprint density at radius 2 is 1.44 bits per heavy atom. The second-order valence-corrected chi connectivity index (χ2v) is 13.2. The Morgan fingerprint density at radius 3 is 2.10 bits per heavy atom. The minimum Gasteiger partial charge on any atom is -0.468 e. The van der Waals surface area contributed by atoms with Gasteiger partial charge in [0.1, 0.15) is 12.1 Å². The van der Waals surface area contributed by atoms with Gasteiger partial charge in [-0.2, -0.15) is 0 Å². The number of anilines is 1. The molecule has 0 atom stereocenters. The van der Waals surface area contributed by atoms with Crippen LogP contribution in [0.2, 0.25) is 0 Å². The second kappa shape index (κ2) is 16.0. The fourth-order valence-corrected chi connectivity index (χ4v) is 7.46. The fraction of sp³-hybridized carbons (Fsp3) is 0.395. The van der Waals surface area contributed by atoms with E-state index in [1.54, 1.807) is 21.4 Å². The predicted molar refractivity (Wildman–Crippen MR) is 197 cm³/mol. The molecule has 14 nitrogen and oxygen atoms in total. The molecule has 3 saturated heterocycles. The van der Waals surface area contributed by atoms with Crippen LogP contribution in [0.1, 0.15) is 37.3 Å². The number of hydrogen-bond acceptors (Lipinski definition) is 7. The maximum atomic E-state index is 13.6. The zero-order chi connectivity index (χ0) is 36.7. The molecule has 3 fully saturated rings. The molecule has 0 unspecified atom stereocenters. The van der Waals surface area contributed by atoms with Crippen LogP contribution < -0.4 is 21.2 Å². The number of urea groups is 2. The van der Waals surface area contributed by atoms with E-state index in [2.05, 4.69) is 49.5 Å². The lowest BCUT2D eigenvalue weighted by atomic mass is 9.85. The zero-order valence-corrected chi connectivity index (χ0v) is 29.6. The number of amides is 5. The van der Waals surface area contributed by atoms with Crippen molar-refractivity contribution >= 4 is 40.7 Å². The number of benzene rings is 3. The van der Waals surface area contributed by atoms with Crippen molar-refractivity contribution in [1.29, 1.82) is 0 Å². The number of ether oxygens (including phenoxy) is 1. The maximum Gasteiger partial charge on any atom is 0.326 e. The van der Waals surface area contributed by atoms with Crippen molar-refractivity contribution in [3.05, 3.63) is 101 Å². The first-order valence-corrected chi connectivity index (χ1v) is 17.7. The van der Waals surface area contributed by atoms with Crippen molar-refractivity contribution in [2.75, 3.05) is 58.4 Å². The summed E-state index contributed by atoms with van der Waals surface area (Å²) >= 11 is 0. The standard InChI is InChI=1S/C22H26N4O2.C16H20N4O4/c1-23-21(28)24-14-12-22(13-15-24)20(27)25(16-18-8-4-2-5-9-18)17-26(22)19-10-6-3-7-11-19;1-24-14(21)10-17-15(22)19-8-6-11(7-9-19)20-13-5-3-2-4-12(13)18-16(20)23/h2-11H,12-17H2,1H3,(H,23,28);2-5,11H,6-10H2,1H3,(H,17,22)(H,18,23). The summed E-state index contributed by atoms with van der Waals surface area (Å²) < 4.78 is 6.27. The van der Waals surface area contributed by atoms with Gasteiger partial charge in [-0.3, -0.25) is 14.2 Å². The number of methoxy groups -OCH3 is 1. The highest BCUT2D eigenvalue weighted by Gasteiger charge is 2.54. The highest BCUT2D eigenvalue weighted by Crippen LogP contribution is 2.40. The first-order valence-electron chi connectivity index (χ1n) is 17.7. The first-order chi connectivity index (χ1) is 25.2. The van der Waals surface area contributed by atoms with Gasteiger partial charge in [0.15, 0.2) is 0 Å². The highest BCUT2D eigenvalue weighted by atomic mass is 16.5. The molecule has 0 bridgehead atoms. The van der Waals surface area contributed by atoms with Gasteiger partial charge < -0.3 is 40.0 Å². The van der Waals surface area contributed by atoms with Crippen LogP contribution in [0, 0.1) is 0 Å². The minimum absolute atomic E-state index is 0.0540. The van der Waals surface area contributed by atoms with Crippen LogP contribution in [0.5, 0.6) is 0 Å². The van der Waals surface area contributed by atoms with Crippen LogP contribution in [0.3, 0.4) is 0 Å². The van der Waals surface area contributed by atoms with Gasteiger partial charge in [0.05, 0.1) is 24.8 Å². The number of carbonyl (C=O) groups is 4. The van der Waals surface area contributed by atoms with Crippen molar-refractivity contribution in [2.24, 2.45) is 0 Å². The van der Waals surface area contributed by atoms with Crippen molar-refractivity contribution < 1.29 is 23.9 Å². The van der Waals surface area contributed by atoms with Gasteiger partial charge in [-0.15, -0.1) is 0 Å². The number of H-pyrrole nitrogens is 1. The van der Waals surface area contributed by atoms with Crippen molar-refractivity contribution in [3.63, 3.8) is 0 Å². The summed E-state index contributed by atoms with van der Waals surface area (Å²) in [6.07, 6.45) is 2.65.